The number of hydrogen-bond donors (Lipinski definition) is 1. The summed E-state index contributed by atoms with van der Waals surface area (Å²) >= 11 is 0. The fraction of sp³-hybridized carbons (Fsp3) is 0.200. The van der Waals surface area contributed by atoms with Crippen molar-refractivity contribution < 1.29 is 13.5 Å². The van der Waals surface area contributed by atoms with Crippen LogP contribution in [0.15, 0.2) is 48.8 Å². The molecule has 0 aliphatic rings. The molecule has 0 fully saturated rings. The number of rotatable bonds is 6. The van der Waals surface area contributed by atoms with Gasteiger partial charge in [0.05, 0.1) is 19.1 Å². The Balaban J connectivity index is 3.05. The first-order valence-corrected chi connectivity index (χ1v) is 6.00. The average Bonchev–Trinajstić information content (AvgIpc) is 2.42. The molecule has 5 heteroatoms. The van der Waals surface area contributed by atoms with Gasteiger partial charge in [0.2, 0.25) is 0 Å². The second kappa shape index (κ2) is 8.12. The standard InChI is InChI=1S/C15H18F2N2O/c1-19(18)14-10-7-9-13(15(16)17)12(14)8-5-3-4-6-11-20-2/h3-11,15H,18H2,1-2H3/b4-3+,8-5+,11-6-. The fourth-order valence-corrected chi connectivity index (χ4v) is 1.65. The molecule has 0 saturated heterocycles. The largest absolute Gasteiger partial charge is 0.504 e. The van der Waals surface area contributed by atoms with E-state index in [1.807, 2.05) is 0 Å². The molecule has 0 radical (unpaired) electrons. The second-order valence-corrected chi connectivity index (χ2v) is 4.00. The molecule has 0 heterocycles. The van der Waals surface area contributed by atoms with Crippen molar-refractivity contribution in [2.45, 2.75) is 6.43 Å². The van der Waals surface area contributed by atoms with E-state index in [2.05, 4.69) is 0 Å². The van der Waals surface area contributed by atoms with Gasteiger partial charge in [-0.1, -0.05) is 36.4 Å². The van der Waals surface area contributed by atoms with Gasteiger partial charge < -0.3 is 9.75 Å². The number of alkyl halides is 2. The smallest absolute Gasteiger partial charge is 0.264 e. The summed E-state index contributed by atoms with van der Waals surface area (Å²) in [6, 6.07) is 4.65. The molecular formula is C15H18F2N2O. The Morgan fingerprint density at radius 3 is 2.50 bits per heavy atom. The van der Waals surface area contributed by atoms with E-state index in [1.165, 1.54) is 17.3 Å². The van der Waals surface area contributed by atoms with Gasteiger partial charge in [-0.05, 0) is 12.1 Å². The van der Waals surface area contributed by atoms with Crippen LogP contribution in [-0.4, -0.2) is 14.2 Å². The normalized spacial score (nSPS) is 12.1. The summed E-state index contributed by atoms with van der Waals surface area (Å²) in [5.41, 5.74) is 0.907. The third-order valence-corrected chi connectivity index (χ3v) is 2.54. The molecule has 0 aliphatic carbocycles. The molecule has 0 bridgehead atoms. The topological polar surface area (TPSA) is 38.5 Å². The van der Waals surface area contributed by atoms with E-state index in [1.54, 1.807) is 56.7 Å². The SMILES string of the molecule is CO\C=C/C=C/C=C/c1c(C(F)F)cccc1N(C)N. The number of hydrogen-bond acceptors (Lipinski definition) is 3. The van der Waals surface area contributed by atoms with Crippen LogP contribution in [0.4, 0.5) is 14.5 Å². The number of halogens is 2. The summed E-state index contributed by atoms with van der Waals surface area (Å²) in [7, 11) is 3.15. The number of hydrazine groups is 1. The first-order valence-electron chi connectivity index (χ1n) is 6.00. The van der Waals surface area contributed by atoms with E-state index in [0.717, 1.165) is 0 Å². The van der Waals surface area contributed by atoms with Gasteiger partial charge in [0.25, 0.3) is 6.43 Å². The first-order chi connectivity index (χ1) is 9.57. The van der Waals surface area contributed by atoms with E-state index in [9.17, 15) is 8.78 Å². The van der Waals surface area contributed by atoms with Gasteiger partial charge in [-0.15, -0.1) is 0 Å². The number of anilines is 1. The molecule has 0 aromatic heterocycles. The van der Waals surface area contributed by atoms with Crippen molar-refractivity contribution in [2.24, 2.45) is 5.84 Å². The van der Waals surface area contributed by atoms with E-state index < -0.39 is 6.43 Å². The van der Waals surface area contributed by atoms with Gasteiger partial charge in [-0.2, -0.15) is 0 Å². The van der Waals surface area contributed by atoms with Crippen molar-refractivity contribution in [3.05, 3.63) is 59.9 Å². The van der Waals surface area contributed by atoms with Crippen LogP contribution in [0.25, 0.3) is 6.08 Å². The minimum absolute atomic E-state index is 0.0446. The van der Waals surface area contributed by atoms with Crippen LogP contribution >= 0.6 is 0 Å². The lowest BCUT2D eigenvalue weighted by Crippen LogP contribution is -2.26. The highest BCUT2D eigenvalue weighted by atomic mass is 19.3. The Labute approximate surface area is 117 Å². The molecule has 0 amide bonds. The minimum atomic E-state index is -2.55. The number of ether oxygens (including phenoxy) is 1. The lowest BCUT2D eigenvalue weighted by atomic mass is 10.0. The van der Waals surface area contributed by atoms with Crippen LogP contribution in [0.1, 0.15) is 17.6 Å². The molecular weight excluding hydrogens is 262 g/mol. The molecule has 3 nitrogen and oxygen atoms in total. The van der Waals surface area contributed by atoms with Gasteiger partial charge in [0, 0.05) is 18.2 Å². The van der Waals surface area contributed by atoms with Crippen LogP contribution in [0.3, 0.4) is 0 Å². The zero-order valence-corrected chi connectivity index (χ0v) is 11.5. The molecule has 0 spiro atoms. The second-order valence-electron chi connectivity index (χ2n) is 4.00. The molecule has 20 heavy (non-hydrogen) atoms. The summed E-state index contributed by atoms with van der Waals surface area (Å²) < 4.78 is 30.7. The van der Waals surface area contributed by atoms with Gasteiger partial charge >= 0.3 is 0 Å². The lowest BCUT2D eigenvalue weighted by molar-refractivity contribution is 0.151. The molecule has 1 aromatic rings. The molecule has 1 aromatic carbocycles. The number of nitrogens with zero attached hydrogens (tertiary/aromatic N) is 1. The van der Waals surface area contributed by atoms with Crippen LogP contribution in [0, 0.1) is 0 Å². The monoisotopic (exact) mass is 280 g/mol. The summed E-state index contributed by atoms with van der Waals surface area (Å²) in [5, 5.41) is 1.32. The molecule has 0 unspecified atom stereocenters. The van der Waals surface area contributed by atoms with Crippen molar-refractivity contribution in [2.75, 3.05) is 19.2 Å². The molecule has 0 atom stereocenters. The number of allylic oxidation sites excluding steroid dienone is 4. The Hall–Kier alpha value is -2.14. The minimum Gasteiger partial charge on any atom is -0.504 e. The third kappa shape index (κ3) is 4.51. The quantitative estimate of drug-likeness (QED) is 0.374. The van der Waals surface area contributed by atoms with Crippen molar-refractivity contribution in [3.63, 3.8) is 0 Å². The number of benzene rings is 1. The summed E-state index contributed by atoms with van der Waals surface area (Å²) in [4.78, 5) is 0. The Bertz CT molecular complexity index is 482. The van der Waals surface area contributed by atoms with Gasteiger partial charge in [-0.25, -0.2) is 14.6 Å². The molecule has 2 N–H and O–H groups in total. The molecule has 0 aliphatic heterocycles. The predicted molar refractivity (Wildman–Crippen MR) is 78.3 cm³/mol. The zero-order chi connectivity index (χ0) is 15.0. The lowest BCUT2D eigenvalue weighted by Gasteiger charge is -2.17. The number of nitrogens with two attached hydrogens (primary N) is 1. The van der Waals surface area contributed by atoms with Crippen LogP contribution in [0.5, 0.6) is 0 Å². The summed E-state index contributed by atoms with van der Waals surface area (Å²) in [6.45, 7) is 0. The van der Waals surface area contributed by atoms with Gasteiger partial charge in [0.1, 0.15) is 0 Å². The predicted octanol–water partition coefficient (Wildman–Crippen LogP) is 3.66. The average molecular weight is 280 g/mol. The Kier molecular flexibility index (Phi) is 6.46. The van der Waals surface area contributed by atoms with Crippen molar-refractivity contribution in [3.8, 4) is 0 Å². The number of methoxy groups -OCH3 is 1. The zero-order valence-electron chi connectivity index (χ0n) is 11.5. The van der Waals surface area contributed by atoms with E-state index >= 15 is 0 Å². The van der Waals surface area contributed by atoms with E-state index in [-0.39, 0.29) is 5.56 Å². The molecule has 0 saturated carbocycles. The van der Waals surface area contributed by atoms with E-state index in [4.69, 9.17) is 10.6 Å². The highest BCUT2D eigenvalue weighted by Gasteiger charge is 2.14. The highest BCUT2D eigenvalue weighted by Crippen LogP contribution is 2.30. The first kappa shape index (κ1) is 15.9. The van der Waals surface area contributed by atoms with Crippen LogP contribution in [-0.2, 0) is 4.74 Å². The Morgan fingerprint density at radius 2 is 1.90 bits per heavy atom. The highest BCUT2D eigenvalue weighted by molar-refractivity contribution is 5.71. The summed E-state index contributed by atoms with van der Waals surface area (Å²) in [6.07, 6.45) is 7.39. The maximum atomic E-state index is 13.0. The fourth-order valence-electron chi connectivity index (χ4n) is 1.65. The van der Waals surface area contributed by atoms with Gasteiger partial charge in [0.15, 0.2) is 0 Å². The van der Waals surface area contributed by atoms with Crippen LogP contribution < -0.4 is 10.9 Å². The van der Waals surface area contributed by atoms with Crippen molar-refractivity contribution in [1.82, 2.24) is 0 Å². The summed E-state index contributed by atoms with van der Waals surface area (Å²) in [5.74, 6) is 5.66. The molecule has 108 valence electrons. The van der Waals surface area contributed by atoms with Crippen molar-refractivity contribution in [1.29, 1.82) is 0 Å². The van der Waals surface area contributed by atoms with Gasteiger partial charge in [-0.3, -0.25) is 0 Å². The maximum Gasteiger partial charge on any atom is 0.264 e. The van der Waals surface area contributed by atoms with Crippen LogP contribution in [0.2, 0.25) is 0 Å². The third-order valence-electron chi connectivity index (χ3n) is 2.54. The maximum absolute atomic E-state index is 13.0. The van der Waals surface area contributed by atoms with E-state index in [0.29, 0.717) is 11.3 Å². The van der Waals surface area contributed by atoms with Crippen molar-refractivity contribution >= 4 is 11.8 Å². The Morgan fingerprint density at radius 1 is 1.20 bits per heavy atom. The molecule has 1 rings (SSSR count).